The number of nitrogens with one attached hydrogen (secondary N) is 1. The summed E-state index contributed by atoms with van der Waals surface area (Å²) in [5, 5.41) is 12.1. The standard InChI is InChI=1S/C11H12N2/c1-8-4-5-13-11-3-2-9(7-12)6-10(8)11/h2-3,6,8,13H,4-5H2,1H3/t8-/m0/s1. The summed E-state index contributed by atoms with van der Waals surface area (Å²) in [7, 11) is 0. The van der Waals surface area contributed by atoms with E-state index in [0.717, 1.165) is 18.5 Å². The van der Waals surface area contributed by atoms with Gasteiger partial charge in [0.05, 0.1) is 11.6 Å². The molecular formula is C11H12N2. The lowest BCUT2D eigenvalue weighted by Gasteiger charge is -2.23. The largest absolute Gasteiger partial charge is 0.385 e. The Morgan fingerprint density at radius 3 is 3.15 bits per heavy atom. The second kappa shape index (κ2) is 3.10. The summed E-state index contributed by atoms with van der Waals surface area (Å²) >= 11 is 0. The number of benzene rings is 1. The van der Waals surface area contributed by atoms with Crippen LogP contribution in [0.15, 0.2) is 18.2 Å². The molecule has 1 aliphatic heterocycles. The highest BCUT2D eigenvalue weighted by atomic mass is 14.9. The van der Waals surface area contributed by atoms with E-state index in [4.69, 9.17) is 5.26 Å². The van der Waals surface area contributed by atoms with Crippen LogP contribution in [0.1, 0.15) is 30.4 Å². The van der Waals surface area contributed by atoms with Crippen molar-refractivity contribution in [2.45, 2.75) is 19.3 Å². The average molecular weight is 172 g/mol. The van der Waals surface area contributed by atoms with Gasteiger partial charge in [-0.3, -0.25) is 0 Å². The van der Waals surface area contributed by atoms with Crippen LogP contribution in [0, 0.1) is 11.3 Å². The molecular weight excluding hydrogens is 160 g/mol. The molecule has 1 heterocycles. The molecule has 2 nitrogen and oxygen atoms in total. The Kier molecular flexibility index (Phi) is 1.94. The molecule has 2 heteroatoms. The van der Waals surface area contributed by atoms with Crippen LogP contribution >= 0.6 is 0 Å². The molecule has 0 bridgehead atoms. The molecule has 2 rings (SSSR count). The first-order valence-corrected chi connectivity index (χ1v) is 4.59. The van der Waals surface area contributed by atoms with E-state index in [1.807, 2.05) is 18.2 Å². The SMILES string of the molecule is C[C@H]1CCNc2ccc(C#N)cc21. The molecule has 1 atom stereocenters. The maximum absolute atomic E-state index is 8.76. The Labute approximate surface area is 78.2 Å². The molecule has 0 saturated carbocycles. The van der Waals surface area contributed by atoms with E-state index in [9.17, 15) is 0 Å². The number of rotatable bonds is 0. The van der Waals surface area contributed by atoms with Crippen molar-refractivity contribution < 1.29 is 0 Å². The fourth-order valence-electron chi connectivity index (χ4n) is 1.78. The summed E-state index contributed by atoms with van der Waals surface area (Å²) in [6.45, 7) is 3.25. The molecule has 0 radical (unpaired) electrons. The van der Waals surface area contributed by atoms with Crippen molar-refractivity contribution in [3.05, 3.63) is 29.3 Å². The molecule has 1 aromatic carbocycles. The Bertz CT molecular complexity index is 363. The van der Waals surface area contributed by atoms with Crippen molar-refractivity contribution in [2.75, 3.05) is 11.9 Å². The van der Waals surface area contributed by atoms with Gasteiger partial charge >= 0.3 is 0 Å². The number of nitriles is 1. The van der Waals surface area contributed by atoms with Gasteiger partial charge < -0.3 is 5.32 Å². The van der Waals surface area contributed by atoms with Gasteiger partial charge in [-0.25, -0.2) is 0 Å². The topological polar surface area (TPSA) is 35.8 Å². The Morgan fingerprint density at radius 1 is 1.54 bits per heavy atom. The smallest absolute Gasteiger partial charge is 0.0991 e. The normalized spacial score (nSPS) is 19.8. The molecule has 0 fully saturated rings. The summed E-state index contributed by atoms with van der Waals surface area (Å²) in [5.41, 5.74) is 3.23. The van der Waals surface area contributed by atoms with Gasteiger partial charge in [0.2, 0.25) is 0 Å². The van der Waals surface area contributed by atoms with E-state index in [1.54, 1.807) is 0 Å². The first kappa shape index (κ1) is 8.12. The quantitative estimate of drug-likeness (QED) is 0.652. The number of fused-ring (bicyclic) bond motifs is 1. The number of hydrogen-bond acceptors (Lipinski definition) is 2. The summed E-state index contributed by atoms with van der Waals surface area (Å²) in [6.07, 6.45) is 1.15. The zero-order chi connectivity index (χ0) is 9.26. The molecule has 1 aromatic rings. The van der Waals surface area contributed by atoms with Crippen molar-refractivity contribution >= 4 is 5.69 Å². The first-order valence-electron chi connectivity index (χ1n) is 4.59. The van der Waals surface area contributed by atoms with E-state index >= 15 is 0 Å². The molecule has 0 spiro atoms. The van der Waals surface area contributed by atoms with Crippen molar-refractivity contribution in [2.24, 2.45) is 0 Å². The monoisotopic (exact) mass is 172 g/mol. The fourth-order valence-corrected chi connectivity index (χ4v) is 1.78. The summed E-state index contributed by atoms with van der Waals surface area (Å²) in [4.78, 5) is 0. The Hall–Kier alpha value is -1.49. The summed E-state index contributed by atoms with van der Waals surface area (Å²) in [5.74, 6) is 0.574. The molecule has 0 aromatic heterocycles. The molecule has 0 unspecified atom stereocenters. The highest BCUT2D eigenvalue weighted by molar-refractivity contribution is 5.57. The minimum absolute atomic E-state index is 0.574. The van der Waals surface area contributed by atoms with E-state index in [2.05, 4.69) is 18.3 Å². The van der Waals surface area contributed by atoms with Crippen LogP contribution in [0.25, 0.3) is 0 Å². The van der Waals surface area contributed by atoms with Gasteiger partial charge in [-0.15, -0.1) is 0 Å². The Balaban J connectivity index is 2.48. The van der Waals surface area contributed by atoms with E-state index < -0.39 is 0 Å². The van der Waals surface area contributed by atoms with Gasteiger partial charge in [0, 0.05) is 12.2 Å². The highest BCUT2D eigenvalue weighted by Crippen LogP contribution is 2.31. The highest BCUT2D eigenvalue weighted by Gasteiger charge is 2.15. The van der Waals surface area contributed by atoms with Crippen molar-refractivity contribution in [1.29, 1.82) is 5.26 Å². The predicted molar refractivity (Wildman–Crippen MR) is 52.7 cm³/mol. The van der Waals surface area contributed by atoms with E-state index in [0.29, 0.717) is 5.92 Å². The second-order valence-electron chi connectivity index (χ2n) is 3.53. The van der Waals surface area contributed by atoms with Crippen LogP contribution in [0.2, 0.25) is 0 Å². The number of anilines is 1. The van der Waals surface area contributed by atoms with Crippen LogP contribution in [-0.2, 0) is 0 Å². The average Bonchev–Trinajstić information content (AvgIpc) is 2.18. The maximum Gasteiger partial charge on any atom is 0.0991 e. The fraction of sp³-hybridized carbons (Fsp3) is 0.364. The summed E-state index contributed by atoms with van der Waals surface area (Å²) < 4.78 is 0. The van der Waals surface area contributed by atoms with Crippen molar-refractivity contribution in [1.82, 2.24) is 0 Å². The zero-order valence-corrected chi connectivity index (χ0v) is 7.67. The van der Waals surface area contributed by atoms with Gasteiger partial charge in [-0.1, -0.05) is 6.92 Å². The van der Waals surface area contributed by atoms with Crippen molar-refractivity contribution in [3.63, 3.8) is 0 Å². The lowest BCUT2D eigenvalue weighted by molar-refractivity contribution is 0.683. The third-order valence-electron chi connectivity index (χ3n) is 2.60. The third-order valence-corrected chi connectivity index (χ3v) is 2.60. The predicted octanol–water partition coefficient (Wildman–Crippen LogP) is 2.48. The molecule has 0 aliphatic carbocycles. The zero-order valence-electron chi connectivity index (χ0n) is 7.67. The van der Waals surface area contributed by atoms with Gasteiger partial charge in [0.1, 0.15) is 0 Å². The molecule has 13 heavy (non-hydrogen) atoms. The minimum Gasteiger partial charge on any atom is -0.385 e. The first-order chi connectivity index (χ1) is 6.31. The maximum atomic E-state index is 8.76. The van der Waals surface area contributed by atoms with Crippen LogP contribution < -0.4 is 5.32 Å². The lowest BCUT2D eigenvalue weighted by Crippen LogP contribution is -2.14. The van der Waals surface area contributed by atoms with E-state index in [1.165, 1.54) is 11.3 Å². The van der Waals surface area contributed by atoms with Gasteiger partial charge in [0.15, 0.2) is 0 Å². The van der Waals surface area contributed by atoms with Gasteiger partial charge in [-0.2, -0.15) is 5.26 Å². The van der Waals surface area contributed by atoms with Gasteiger partial charge in [0.25, 0.3) is 0 Å². The van der Waals surface area contributed by atoms with Crippen LogP contribution in [0.5, 0.6) is 0 Å². The van der Waals surface area contributed by atoms with Gasteiger partial charge in [-0.05, 0) is 36.1 Å². The summed E-state index contributed by atoms with van der Waals surface area (Å²) in [6, 6.07) is 8.03. The molecule has 0 saturated heterocycles. The Morgan fingerprint density at radius 2 is 2.38 bits per heavy atom. The third kappa shape index (κ3) is 1.38. The molecule has 1 aliphatic rings. The molecule has 1 N–H and O–H groups in total. The van der Waals surface area contributed by atoms with Crippen LogP contribution in [0.3, 0.4) is 0 Å². The lowest BCUT2D eigenvalue weighted by atomic mass is 9.91. The number of nitrogens with zero attached hydrogens (tertiary/aromatic N) is 1. The van der Waals surface area contributed by atoms with Crippen molar-refractivity contribution in [3.8, 4) is 6.07 Å². The number of hydrogen-bond donors (Lipinski definition) is 1. The van der Waals surface area contributed by atoms with Crippen LogP contribution in [-0.4, -0.2) is 6.54 Å². The van der Waals surface area contributed by atoms with Crippen LogP contribution in [0.4, 0.5) is 5.69 Å². The van der Waals surface area contributed by atoms with E-state index in [-0.39, 0.29) is 0 Å². The molecule has 0 amide bonds. The molecule has 66 valence electrons. The second-order valence-corrected chi connectivity index (χ2v) is 3.53. The minimum atomic E-state index is 0.574.